The van der Waals surface area contributed by atoms with E-state index in [9.17, 15) is 19.2 Å². The summed E-state index contributed by atoms with van der Waals surface area (Å²) in [5.41, 5.74) is 0.902. The van der Waals surface area contributed by atoms with Crippen LogP contribution >= 0.6 is 0 Å². The summed E-state index contributed by atoms with van der Waals surface area (Å²) in [4.78, 5) is 52.1. The summed E-state index contributed by atoms with van der Waals surface area (Å²) >= 11 is 0. The predicted molar refractivity (Wildman–Crippen MR) is 156 cm³/mol. The molecular weight excluding hydrogens is 542 g/mol. The van der Waals surface area contributed by atoms with Crippen LogP contribution in [0.5, 0.6) is 23.0 Å². The SMILES string of the molecule is CCCOc1ccc(N2C(=O)NC(=O)/C(=C\c3cccc(OCC(=O)Nc4ccccc4OC)c3)C2=O)cc1OCC. The number of ether oxygens (including phenoxy) is 4. The van der Waals surface area contributed by atoms with Crippen molar-refractivity contribution < 1.29 is 38.1 Å². The predicted octanol–water partition coefficient (Wildman–Crippen LogP) is 4.57. The molecule has 0 aliphatic carbocycles. The number of methoxy groups -OCH3 is 1. The van der Waals surface area contributed by atoms with Crippen molar-refractivity contribution in [2.24, 2.45) is 0 Å². The molecule has 5 amide bonds. The lowest BCUT2D eigenvalue weighted by atomic mass is 10.1. The smallest absolute Gasteiger partial charge is 0.335 e. The number of imide groups is 2. The molecule has 42 heavy (non-hydrogen) atoms. The normalized spacial score (nSPS) is 13.9. The second kappa shape index (κ2) is 13.8. The van der Waals surface area contributed by atoms with Crippen molar-refractivity contribution in [1.29, 1.82) is 0 Å². The monoisotopic (exact) mass is 573 g/mol. The third kappa shape index (κ3) is 7.05. The molecule has 218 valence electrons. The van der Waals surface area contributed by atoms with Gasteiger partial charge in [0.05, 0.1) is 31.7 Å². The Morgan fingerprint density at radius 1 is 0.905 bits per heavy atom. The zero-order chi connectivity index (χ0) is 30.1. The van der Waals surface area contributed by atoms with Crippen molar-refractivity contribution in [2.75, 3.05) is 37.1 Å². The fourth-order valence-corrected chi connectivity index (χ4v) is 4.07. The molecule has 1 aliphatic rings. The number of barbiturate groups is 1. The maximum atomic E-state index is 13.4. The van der Waals surface area contributed by atoms with Crippen molar-refractivity contribution in [2.45, 2.75) is 20.3 Å². The Bertz CT molecular complexity index is 1520. The van der Waals surface area contributed by atoms with Crippen molar-refractivity contribution in [3.8, 4) is 23.0 Å². The molecule has 0 radical (unpaired) electrons. The van der Waals surface area contributed by atoms with E-state index in [2.05, 4.69) is 10.6 Å². The van der Waals surface area contributed by atoms with Gasteiger partial charge in [0.25, 0.3) is 17.7 Å². The van der Waals surface area contributed by atoms with Crippen LogP contribution in [0.4, 0.5) is 16.2 Å². The minimum Gasteiger partial charge on any atom is -0.495 e. The molecule has 11 heteroatoms. The number of carbonyl (C=O) groups is 4. The molecule has 0 atom stereocenters. The minimum atomic E-state index is -0.884. The number of urea groups is 1. The summed E-state index contributed by atoms with van der Waals surface area (Å²) in [6, 6.07) is 17.3. The summed E-state index contributed by atoms with van der Waals surface area (Å²) in [6.07, 6.45) is 2.14. The highest BCUT2D eigenvalue weighted by Gasteiger charge is 2.37. The summed E-state index contributed by atoms with van der Waals surface area (Å²) in [6.45, 7) is 4.30. The van der Waals surface area contributed by atoms with Crippen LogP contribution in [0.3, 0.4) is 0 Å². The number of hydrogen-bond acceptors (Lipinski definition) is 8. The number of rotatable bonds is 12. The zero-order valence-corrected chi connectivity index (χ0v) is 23.5. The molecule has 0 saturated carbocycles. The highest BCUT2D eigenvalue weighted by atomic mass is 16.5. The standard InChI is InChI=1S/C31H31N3O8/c1-4-15-41-26-14-13-21(18-27(26)40-5-2)34-30(37)23(29(36)33-31(34)38)17-20-9-8-10-22(16-20)42-19-28(35)32-24-11-6-7-12-25(24)39-3/h6-14,16-18H,4-5,15,19H2,1-3H3,(H,32,35)(H,33,36,38)/b23-17+. The number of nitrogens with zero attached hydrogens (tertiary/aromatic N) is 1. The van der Waals surface area contributed by atoms with Gasteiger partial charge in [-0.15, -0.1) is 0 Å². The molecule has 0 spiro atoms. The van der Waals surface area contributed by atoms with Crippen LogP contribution in [-0.4, -0.2) is 50.7 Å². The molecule has 4 rings (SSSR count). The van der Waals surface area contributed by atoms with Crippen molar-refractivity contribution in [3.63, 3.8) is 0 Å². The Labute approximate surface area is 243 Å². The van der Waals surface area contributed by atoms with Gasteiger partial charge in [0, 0.05) is 6.07 Å². The van der Waals surface area contributed by atoms with Crippen LogP contribution in [-0.2, 0) is 14.4 Å². The maximum absolute atomic E-state index is 13.4. The minimum absolute atomic E-state index is 0.210. The van der Waals surface area contributed by atoms with Gasteiger partial charge in [0.15, 0.2) is 18.1 Å². The number of para-hydroxylation sites is 2. The van der Waals surface area contributed by atoms with Gasteiger partial charge in [0.1, 0.15) is 17.1 Å². The molecular formula is C31H31N3O8. The molecule has 2 N–H and O–H groups in total. The molecule has 0 bridgehead atoms. The fraction of sp³-hybridized carbons (Fsp3) is 0.226. The van der Waals surface area contributed by atoms with Gasteiger partial charge < -0.3 is 24.3 Å². The van der Waals surface area contributed by atoms with Crippen molar-refractivity contribution in [3.05, 3.63) is 77.9 Å². The first-order valence-corrected chi connectivity index (χ1v) is 13.3. The Hall–Kier alpha value is -5.32. The van der Waals surface area contributed by atoms with E-state index in [4.69, 9.17) is 18.9 Å². The molecule has 0 unspecified atom stereocenters. The van der Waals surface area contributed by atoms with Gasteiger partial charge in [-0.05, 0) is 61.4 Å². The van der Waals surface area contributed by atoms with Gasteiger partial charge in [0.2, 0.25) is 0 Å². The third-order valence-corrected chi connectivity index (χ3v) is 5.97. The lowest BCUT2D eigenvalue weighted by Crippen LogP contribution is -2.54. The first-order chi connectivity index (χ1) is 20.3. The molecule has 11 nitrogen and oxygen atoms in total. The zero-order valence-electron chi connectivity index (χ0n) is 23.5. The van der Waals surface area contributed by atoms with Crippen LogP contribution in [0, 0.1) is 0 Å². The number of carbonyl (C=O) groups excluding carboxylic acids is 4. The second-order valence-electron chi connectivity index (χ2n) is 8.98. The average Bonchev–Trinajstić information content (AvgIpc) is 2.98. The van der Waals surface area contributed by atoms with Crippen molar-refractivity contribution in [1.82, 2.24) is 5.32 Å². The Morgan fingerprint density at radius 3 is 2.48 bits per heavy atom. The summed E-state index contributed by atoms with van der Waals surface area (Å²) in [7, 11) is 1.51. The maximum Gasteiger partial charge on any atom is 0.335 e. The molecule has 1 fully saturated rings. The van der Waals surface area contributed by atoms with E-state index in [1.165, 1.54) is 19.3 Å². The first kappa shape index (κ1) is 29.7. The Kier molecular flexibility index (Phi) is 9.77. The average molecular weight is 574 g/mol. The number of nitrogens with one attached hydrogen (secondary N) is 2. The van der Waals surface area contributed by atoms with Gasteiger partial charge in [-0.1, -0.05) is 31.2 Å². The number of hydrogen-bond donors (Lipinski definition) is 2. The molecule has 1 heterocycles. The summed E-state index contributed by atoms with van der Waals surface area (Å²) < 4.78 is 22.2. The third-order valence-electron chi connectivity index (χ3n) is 5.97. The van der Waals surface area contributed by atoms with E-state index in [0.29, 0.717) is 47.5 Å². The van der Waals surface area contributed by atoms with E-state index >= 15 is 0 Å². The van der Waals surface area contributed by atoms with E-state index in [1.54, 1.807) is 67.6 Å². The Balaban J connectivity index is 1.51. The summed E-state index contributed by atoms with van der Waals surface area (Å²) in [5, 5.41) is 4.93. The van der Waals surface area contributed by atoms with Crippen LogP contribution < -0.4 is 34.5 Å². The number of anilines is 2. The fourth-order valence-electron chi connectivity index (χ4n) is 4.07. The van der Waals surface area contributed by atoms with Gasteiger partial charge >= 0.3 is 6.03 Å². The molecule has 0 aromatic heterocycles. The topological polar surface area (TPSA) is 132 Å². The number of amides is 5. The number of benzene rings is 3. The van der Waals surface area contributed by atoms with Crippen LogP contribution in [0.2, 0.25) is 0 Å². The first-order valence-electron chi connectivity index (χ1n) is 13.3. The molecule has 3 aromatic rings. The van der Waals surface area contributed by atoms with Gasteiger partial charge in [-0.3, -0.25) is 19.7 Å². The Morgan fingerprint density at radius 2 is 1.71 bits per heavy atom. The van der Waals surface area contributed by atoms with E-state index in [0.717, 1.165) is 11.3 Å². The van der Waals surface area contributed by atoms with Crippen LogP contribution in [0.25, 0.3) is 6.08 Å². The second-order valence-corrected chi connectivity index (χ2v) is 8.98. The lowest BCUT2D eigenvalue weighted by Gasteiger charge is -2.27. The highest BCUT2D eigenvalue weighted by molar-refractivity contribution is 6.39. The van der Waals surface area contributed by atoms with Crippen LogP contribution in [0.15, 0.2) is 72.3 Å². The lowest BCUT2D eigenvalue weighted by molar-refractivity contribution is -0.122. The van der Waals surface area contributed by atoms with Gasteiger partial charge in [-0.2, -0.15) is 0 Å². The van der Waals surface area contributed by atoms with Gasteiger partial charge in [-0.25, -0.2) is 9.69 Å². The van der Waals surface area contributed by atoms with E-state index in [-0.39, 0.29) is 17.9 Å². The largest absolute Gasteiger partial charge is 0.495 e. The molecule has 1 aliphatic heterocycles. The molecule has 3 aromatic carbocycles. The van der Waals surface area contributed by atoms with E-state index in [1.807, 2.05) is 6.92 Å². The summed E-state index contributed by atoms with van der Waals surface area (Å²) in [5.74, 6) is -0.361. The highest BCUT2D eigenvalue weighted by Crippen LogP contribution is 2.34. The van der Waals surface area contributed by atoms with Crippen LogP contribution in [0.1, 0.15) is 25.8 Å². The van der Waals surface area contributed by atoms with Crippen molar-refractivity contribution >= 4 is 41.2 Å². The molecule has 1 saturated heterocycles. The quantitative estimate of drug-likeness (QED) is 0.238. The van der Waals surface area contributed by atoms with E-state index < -0.39 is 23.8 Å².